The van der Waals surface area contributed by atoms with Crippen LogP contribution in [0.1, 0.15) is 124 Å². The Morgan fingerprint density at radius 2 is 1.50 bits per heavy atom. The maximum atomic E-state index is 14.4. The zero-order chi connectivity index (χ0) is 28.1. The maximum absolute atomic E-state index is 14.4. The minimum Gasteiger partial charge on any atom is -0.377 e. The summed E-state index contributed by atoms with van der Waals surface area (Å²) in [4.78, 5) is 14.4. The van der Waals surface area contributed by atoms with E-state index in [1.54, 1.807) is 0 Å². The van der Waals surface area contributed by atoms with Gasteiger partial charge in [0.25, 0.3) is 0 Å². The van der Waals surface area contributed by atoms with Crippen molar-refractivity contribution in [2.75, 3.05) is 6.61 Å². The lowest BCUT2D eigenvalue weighted by Crippen LogP contribution is -2.68. The van der Waals surface area contributed by atoms with E-state index in [9.17, 15) is 4.79 Å². The monoisotopic (exact) mass is 542 g/mol. The molecule has 11 atom stereocenters. The lowest BCUT2D eigenvalue weighted by Gasteiger charge is -2.73. The van der Waals surface area contributed by atoms with Crippen molar-refractivity contribution in [1.82, 2.24) is 0 Å². The lowest BCUT2D eigenvalue weighted by molar-refractivity contribution is -0.244. The zero-order valence-corrected chi connectivity index (χ0v) is 26.4. The highest BCUT2D eigenvalue weighted by atomic mass is 16.5. The van der Waals surface area contributed by atoms with E-state index in [2.05, 4.69) is 78.8 Å². The number of ketones is 1. The summed E-state index contributed by atoms with van der Waals surface area (Å²) in [5.74, 6) is 3.78. The van der Waals surface area contributed by atoms with Gasteiger partial charge in [0.1, 0.15) is 5.78 Å². The van der Waals surface area contributed by atoms with Crippen molar-refractivity contribution in [2.24, 2.45) is 61.6 Å². The molecular weight excluding hydrogens is 488 g/mol. The summed E-state index contributed by atoms with van der Waals surface area (Å²) < 4.78 is 6.79. The van der Waals surface area contributed by atoms with E-state index in [1.807, 2.05) is 0 Å². The number of hydrogen-bond donors (Lipinski definition) is 0. The van der Waals surface area contributed by atoms with Crippen LogP contribution in [0.2, 0.25) is 0 Å². The number of fused-ring (bicyclic) bond motifs is 5. The Bertz CT molecular complexity index is 1250. The molecule has 0 N–H and O–H groups in total. The molecule has 1 aromatic rings. The van der Waals surface area contributed by atoms with Gasteiger partial charge < -0.3 is 4.74 Å². The molecule has 2 heteroatoms. The minimum atomic E-state index is -0.230. The second-order valence-corrected chi connectivity index (χ2v) is 18.3. The fourth-order valence-corrected chi connectivity index (χ4v) is 14.2. The number of carbonyl (C=O) groups excluding carboxylic acids is 1. The Labute approximate surface area is 243 Å². The molecule has 1 saturated heterocycles. The standard InChI is InChI=1S/C38H54O2/c1-32(2)17-19-37-20-18-35(6)25(29(37)30(32)40-23-37)13-14-28-34(5)22-38(21-26(38)24-11-9-8-10-12-24)31(39)33(3,4)27(34)15-16-36(28,35)7/h8-12,25-30H,13-23H2,1-7H3/t25-,26+,27+,28+,29-,30+,34-,35+,36+,37+,38+/m0/s1. The normalized spacial score (nSPS) is 55.1. The van der Waals surface area contributed by atoms with Crippen LogP contribution in [-0.2, 0) is 9.53 Å². The molecule has 2 bridgehead atoms. The van der Waals surface area contributed by atoms with Gasteiger partial charge in [-0.2, -0.15) is 0 Å². The van der Waals surface area contributed by atoms with Crippen LogP contribution in [0, 0.1) is 61.6 Å². The maximum Gasteiger partial charge on any atom is 0.145 e. The summed E-state index contributed by atoms with van der Waals surface area (Å²) in [6.07, 6.45) is 13.4. The van der Waals surface area contributed by atoms with Gasteiger partial charge in [-0.25, -0.2) is 0 Å². The van der Waals surface area contributed by atoms with Crippen molar-refractivity contribution in [2.45, 2.75) is 125 Å². The van der Waals surface area contributed by atoms with Gasteiger partial charge in [0.2, 0.25) is 0 Å². The molecule has 0 unspecified atom stereocenters. The fourth-order valence-electron chi connectivity index (χ4n) is 14.2. The minimum absolute atomic E-state index is 0.136. The molecule has 218 valence electrons. The molecule has 1 aromatic carbocycles. The Hall–Kier alpha value is -1.15. The molecule has 1 spiro atoms. The first-order valence-corrected chi connectivity index (χ1v) is 17.0. The van der Waals surface area contributed by atoms with Gasteiger partial charge in [-0.1, -0.05) is 78.8 Å². The Morgan fingerprint density at radius 3 is 2.25 bits per heavy atom. The first-order valence-electron chi connectivity index (χ1n) is 17.0. The Morgan fingerprint density at radius 1 is 0.775 bits per heavy atom. The third-order valence-electron chi connectivity index (χ3n) is 16.3. The van der Waals surface area contributed by atoms with Gasteiger partial charge in [0.15, 0.2) is 0 Å². The van der Waals surface area contributed by atoms with Crippen LogP contribution in [0.15, 0.2) is 30.3 Å². The van der Waals surface area contributed by atoms with Gasteiger partial charge in [-0.3, -0.25) is 4.79 Å². The largest absolute Gasteiger partial charge is 0.377 e. The van der Waals surface area contributed by atoms with Crippen LogP contribution in [0.4, 0.5) is 0 Å². The summed E-state index contributed by atoms with van der Waals surface area (Å²) in [5, 5.41) is 0. The average molecular weight is 543 g/mol. The molecule has 7 aliphatic rings. The van der Waals surface area contributed by atoms with Crippen LogP contribution >= 0.6 is 0 Å². The van der Waals surface area contributed by atoms with E-state index in [1.165, 1.54) is 56.9 Å². The van der Waals surface area contributed by atoms with Crippen LogP contribution in [0.3, 0.4) is 0 Å². The molecule has 2 nitrogen and oxygen atoms in total. The molecule has 6 saturated carbocycles. The molecule has 7 fully saturated rings. The molecule has 6 aliphatic carbocycles. The second-order valence-electron chi connectivity index (χ2n) is 18.3. The molecule has 8 rings (SSSR count). The van der Waals surface area contributed by atoms with E-state index < -0.39 is 0 Å². The van der Waals surface area contributed by atoms with Crippen molar-refractivity contribution < 1.29 is 9.53 Å². The number of hydrogen-bond acceptors (Lipinski definition) is 2. The first kappa shape index (κ1) is 26.5. The van der Waals surface area contributed by atoms with Gasteiger partial charge in [0, 0.05) is 10.8 Å². The molecule has 1 heterocycles. The van der Waals surface area contributed by atoms with E-state index in [-0.39, 0.29) is 16.2 Å². The lowest BCUT2D eigenvalue weighted by atomic mass is 9.31. The van der Waals surface area contributed by atoms with E-state index in [0.29, 0.717) is 51.3 Å². The third kappa shape index (κ3) is 2.90. The quantitative estimate of drug-likeness (QED) is 0.353. The van der Waals surface area contributed by atoms with Crippen LogP contribution in [0.5, 0.6) is 0 Å². The smallest absolute Gasteiger partial charge is 0.145 e. The summed E-state index contributed by atoms with van der Waals surface area (Å²) in [6.45, 7) is 18.9. The number of benzene rings is 1. The number of ether oxygens (including phenoxy) is 1. The van der Waals surface area contributed by atoms with Gasteiger partial charge in [-0.05, 0) is 126 Å². The van der Waals surface area contributed by atoms with Crippen LogP contribution < -0.4 is 0 Å². The number of carbonyl (C=O) groups is 1. The summed E-state index contributed by atoms with van der Waals surface area (Å²) >= 11 is 0. The van der Waals surface area contributed by atoms with Gasteiger partial charge in [-0.15, -0.1) is 0 Å². The van der Waals surface area contributed by atoms with Crippen LogP contribution in [0.25, 0.3) is 0 Å². The second kappa shape index (κ2) is 7.67. The van der Waals surface area contributed by atoms with Crippen molar-refractivity contribution in [3.05, 3.63) is 35.9 Å². The predicted molar refractivity (Wildman–Crippen MR) is 161 cm³/mol. The third-order valence-corrected chi connectivity index (χ3v) is 16.3. The average Bonchev–Trinajstić information content (AvgIpc) is 3.51. The van der Waals surface area contributed by atoms with Crippen molar-refractivity contribution in [3.63, 3.8) is 0 Å². The molecule has 1 aliphatic heterocycles. The molecular formula is C38H54O2. The number of Topliss-reactive ketones (excluding diaryl/α,β-unsaturated/α-hetero) is 1. The summed E-state index contributed by atoms with van der Waals surface area (Å²) in [5.41, 5.74) is 2.75. The van der Waals surface area contributed by atoms with Crippen molar-refractivity contribution >= 4 is 5.78 Å². The predicted octanol–water partition coefficient (Wildman–Crippen LogP) is 9.23. The summed E-state index contributed by atoms with van der Waals surface area (Å²) in [6, 6.07) is 11.0. The molecule has 0 aromatic heterocycles. The van der Waals surface area contributed by atoms with Crippen LogP contribution in [-0.4, -0.2) is 18.5 Å². The molecule has 40 heavy (non-hydrogen) atoms. The van der Waals surface area contributed by atoms with Gasteiger partial charge >= 0.3 is 0 Å². The van der Waals surface area contributed by atoms with Gasteiger partial charge in [0.05, 0.1) is 12.7 Å². The fraction of sp³-hybridized carbons (Fsp3) is 0.816. The highest BCUT2D eigenvalue weighted by Gasteiger charge is 2.77. The SMILES string of the molecule is CC1(C)CC[C@]23CC[C@]4(C)[C@@H](CC[C@@H]5[C@@]6(C)C[C@@]7(C[C@@H]7c7ccccc7)C(=O)C(C)(C)[C@H]6CC[C@]54C)[C@H]2[C@H]1OC3. The first-order chi connectivity index (χ1) is 18.8. The highest BCUT2D eigenvalue weighted by Crippen LogP contribution is 2.81. The molecule has 0 radical (unpaired) electrons. The Balaban J connectivity index is 1.18. The Kier molecular flexibility index (Phi) is 5.08. The molecule has 0 amide bonds. The summed E-state index contributed by atoms with van der Waals surface area (Å²) in [7, 11) is 0. The highest BCUT2D eigenvalue weighted by molar-refractivity contribution is 5.95. The van der Waals surface area contributed by atoms with E-state index in [4.69, 9.17) is 4.74 Å². The van der Waals surface area contributed by atoms with E-state index >= 15 is 0 Å². The zero-order valence-electron chi connectivity index (χ0n) is 26.4. The topological polar surface area (TPSA) is 26.3 Å². The number of rotatable bonds is 1. The van der Waals surface area contributed by atoms with E-state index in [0.717, 1.165) is 31.3 Å². The van der Waals surface area contributed by atoms with Crippen molar-refractivity contribution in [3.8, 4) is 0 Å². The van der Waals surface area contributed by atoms with Crippen molar-refractivity contribution in [1.29, 1.82) is 0 Å².